The lowest BCUT2D eigenvalue weighted by Crippen LogP contribution is -2.49. The summed E-state index contributed by atoms with van der Waals surface area (Å²) in [4.78, 5) is 17.6. The first-order chi connectivity index (χ1) is 15.3. The molecule has 168 valence electrons. The van der Waals surface area contributed by atoms with Gasteiger partial charge in [-0.15, -0.1) is 0 Å². The van der Waals surface area contributed by atoms with E-state index >= 15 is 0 Å². The van der Waals surface area contributed by atoms with Crippen molar-refractivity contribution in [3.05, 3.63) is 75.6 Å². The molecule has 4 rings (SSSR count). The lowest BCUT2D eigenvalue weighted by molar-refractivity contribution is -0.130. The molecule has 1 aliphatic heterocycles. The van der Waals surface area contributed by atoms with Gasteiger partial charge < -0.3 is 9.80 Å². The minimum atomic E-state index is 0.191. The van der Waals surface area contributed by atoms with Crippen molar-refractivity contribution in [2.24, 2.45) is 0 Å². The normalized spacial score (nSPS) is 14.2. The molecule has 0 unspecified atom stereocenters. The second kappa shape index (κ2) is 8.81. The highest BCUT2D eigenvalue weighted by molar-refractivity contribution is 5.79. The predicted molar refractivity (Wildman–Crippen MR) is 131 cm³/mol. The van der Waals surface area contributed by atoms with E-state index in [4.69, 9.17) is 5.10 Å². The molecule has 1 aliphatic rings. The second-order valence-corrected chi connectivity index (χ2v) is 9.09. The van der Waals surface area contributed by atoms with E-state index in [9.17, 15) is 4.79 Å². The van der Waals surface area contributed by atoms with Crippen molar-refractivity contribution in [1.82, 2.24) is 14.7 Å². The number of carbonyl (C=O) groups excluding carboxylic acids is 1. The van der Waals surface area contributed by atoms with Crippen LogP contribution in [0.15, 0.2) is 36.4 Å². The molecule has 1 fully saturated rings. The van der Waals surface area contributed by atoms with E-state index in [0.717, 1.165) is 48.8 Å². The second-order valence-electron chi connectivity index (χ2n) is 9.09. The quantitative estimate of drug-likeness (QED) is 0.607. The van der Waals surface area contributed by atoms with Gasteiger partial charge in [-0.3, -0.25) is 4.79 Å². The Labute approximate surface area is 191 Å². The van der Waals surface area contributed by atoms with Crippen LogP contribution in [0.3, 0.4) is 0 Å². The summed E-state index contributed by atoms with van der Waals surface area (Å²) in [5.41, 5.74) is 10.5. The third-order valence-electron chi connectivity index (χ3n) is 7.05. The number of hydrogen-bond acceptors (Lipinski definition) is 3. The molecule has 0 radical (unpaired) electrons. The number of piperazine rings is 1. The van der Waals surface area contributed by atoms with Gasteiger partial charge in [0.25, 0.3) is 0 Å². The molecule has 0 saturated carbocycles. The summed E-state index contributed by atoms with van der Waals surface area (Å²) < 4.78 is 1.98. The van der Waals surface area contributed by atoms with Crippen LogP contribution in [0, 0.1) is 41.5 Å². The maximum Gasteiger partial charge on any atom is 0.227 e. The van der Waals surface area contributed by atoms with Crippen molar-refractivity contribution in [2.75, 3.05) is 31.1 Å². The van der Waals surface area contributed by atoms with Gasteiger partial charge in [0.2, 0.25) is 5.91 Å². The van der Waals surface area contributed by atoms with Crippen LogP contribution in [0.2, 0.25) is 0 Å². The molecule has 0 aliphatic carbocycles. The molecule has 32 heavy (non-hydrogen) atoms. The van der Waals surface area contributed by atoms with Crippen LogP contribution in [-0.2, 0) is 11.2 Å². The average molecular weight is 431 g/mol. The monoisotopic (exact) mass is 430 g/mol. The number of anilines is 1. The molecule has 2 heterocycles. The summed E-state index contributed by atoms with van der Waals surface area (Å²) in [5, 5.41) is 4.76. The SMILES string of the molecule is Cc1ccc(-n2nc(C)c(CC(=O)N3CCN(c4cccc(C)c4C)CC3)c2C)cc1C. The molecule has 1 amide bonds. The maximum absolute atomic E-state index is 13.2. The first kappa shape index (κ1) is 22.1. The standard InChI is InChI=1S/C27H34N4O/c1-18-10-11-24(16-20(18)3)31-23(6)25(22(5)28-31)17-27(32)30-14-12-29(13-15-30)26-9-7-8-19(2)21(26)4/h7-11,16H,12-15,17H2,1-6H3. The summed E-state index contributed by atoms with van der Waals surface area (Å²) in [6.45, 7) is 15.9. The summed E-state index contributed by atoms with van der Waals surface area (Å²) in [7, 11) is 0. The Hall–Kier alpha value is -3.08. The fourth-order valence-corrected chi connectivity index (χ4v) is 4.58. The molecule has 1 aromatic heterocycles. The Balaban J connectivity index is 1.45. The topological polar surface area (TPSA) is 41.4 Å². The molecule has 0 atom stereocenters. The molecule has 3 aromatic rings. The lowest BCUT2D eigenvalue weighted by atomic mass is 10.1. The number of aryl methyl sites for hydroxylation is 4. The highest BCUT2D eigenvalue weighted by Crippen LogP contribution is 2.25. The van der Waals surface area contributed by atoms with Gasteiger partial charge in [0, 0.05) is 43.1 Å². The molecular formula is C27H34N4O. The van der Waals surface area contributed by atoms with E-state index in [1.54, 1.807) is 0 Å². The zero-order valence-corrected chi connectivity index (χ0v) is 20.2. The van der Waals surface area contributed by atoms with Crippen LogP contribution in [-0.4, -0.2) is 46.8 Å². The molecule has 5 heteroatoms. The van der Waals surface area contributed by atoms with Crippen LogP contribution >= 0.6 is 0 Å². The minimum Gasteiger partial charge on any atom is -0.368 e. The molecule has 2 aromatic carbocycles. The number of rotatable bonds is 4. The van der Waals surface area contributed by atoms with Crippen molar-refractivity contribution in [2.45, 2.75) is 48.0 Å². The Kier molecular flexibility index (Phi) is 6.09. The Morgan fingerprint density at radius 2 is 1.59 bits per heavy atom. The highest BCUT2D eigenvalue weighted by atomic mass is 16.2. The van der Waals surface area contributed by atoms with E-state index in [1.165, 1.54) is 27.9 Å². The molecule has 1 saturated heterocycles. The van der Waals surface area contributed by atoms with Gasteiger partial charge in [-0.05, 0) is 82.0 Å². The number of carbonyl (C=O) groups is 1. The summed E-state index contributed by atoms with van der Waals surface area (Å²) in [6, 6.07) is 12.8. The maximum atomic E-state index is 13.2. The van der Waals surface area contributed by atoms with Gasteiger partial charge in [0.05, 0.1) is 17.8 Å². The van der Waals surface area contributed by atoms with Crippen molar-refractivity contribution in [3.8, 4) is 5.69 Å². The van der Waals surface area contributed by atoms with Crippen molar-refractivity contribution in [3.63, 3.8) is 0 Å². The predicted octanol–water partition coefficient (Wildman–Crippen LogP) is 4.61. The average Bonchev–Trinajstić information content (AvgIpc) is 3.06. The number of amides is 1. The minimum absolute atomic E-state index is 0.191. The molecule has 5 nitrogen and oxygen atoms in total. The fourth-order valence-electron chi connectivity index (χ4n) is 4.58. The third-order valence-corrected chi connectivity index (χ3v) is 7.05. The smallest absolute Gasteiger partial charge is 0.227 e. The van der Waals surface area contributed by atoms with Gasteiger partial charge in [-0.1, -0.05) is 18.2 Å². The van der Waals surface area contributed by atoms with E-state index in [0.29, 0.717) is 6.42 Å². The number of benzene rings is 2. The molecular weight excluding hydrogens is 396 g/mol. The summed E-state index contributed by atoms with van der Waals surface area (Å²) in [5.74, 6) is 0.191. The Morgan fingerprint density at radius 3 is 2.28 bits per heavy atom. The van der Waals surface area contributed by atoms with E-state index in [-0.39, 0.29) is 5.91 Å². The fraction of sp³-hybridized carbons (Fsp3) is 0.407. The molecule has 0 bridgehead atoms. The van der Waals surface area contributed by atoms with Crippen LogP contribution in [0.1, 0.15) is 39.2 Å². The first-order valence-corrected chi connectivity index (χ1v) is 11.5. The molecule has 0 N–H and O–H groups in total. The van der Waals surface area contributed by atoms with Gasteiger partial charge in [-0.25, -0.2) is 4.68 Å². The highest BCUT2D eigenvalue weighted by Gasteiger charge is 2.24. The van der Waals surface area contributed by atoms with Crippen molar-refractivity contribution >= 4 is 11.6 Å². The first-order valence-electron chi connectivity index (χ1n) is 11.5. The van der Waals surface area contributed by atoms with Crippen LogP contribution in [0.25, 0.3) is 5.69 Å². The van der Waals surface area contributed by atoms with Gasteiger partial charge in [-0.2, -0.15) is 5.10 Å². The summed E-state index contributed by atoms with van der Waals surface area (Å²) in [6.07, 6.45) is 0.409. The van der Waals surface area contributed by atoms with E-state index in [2.05, 4.69) is 75.9 Å². The largest absolute Gasteiger partial charge is 0.368 e. The van der Waals surface area contributed by atoms with E-state index < -0.39 is 0 Å². The zero-order valence-electron chi connectivity index (χ0n) is 20.2. The number of hydrogen-bond donors (Lipinski definition) is 0. The van der Waals surface area contributed by atoms with Gasteiger partial charge >= 0.3 is 0 Å². The lowest BCUT2D eigenvalue weighted by Gasteiger charge is -2.37. The van der Waals surface area contributed by atoms with Crippen molar-refractivity contribution in [1.29, 1.82) is 0 Å². The van der Waals surface area contributed by atoms with Gasteiger partial charge in [0.15, 0.2) is 0 Å². The van der Waals surface area contributed by atoms with Crippen LogP contribution in [0.5, 0.6) is 0 Å². The summed E-state index contributed by atoms with van der Waals surface area (Å²) >= 11 is 0. The van der Waals surface area contributed by atoms with Crippen LogP contribution < -0.4 is 4.90 Å². The van der Waals surface area contributed by atoms with Crippen molar-refractivity contribution < 1.29 is 4.79 Å². The number of aromatic nitrogens is 2. The van der Waals surface area contributed by atoms with Gasteiger partial charge in [0.1, 0.15) is 0 Å². The number of nitrogens with zero attached hydrogens (tertiary/aromatic N) is 4. The Bertz CT molecular complexity index is 1150. The Morgan fingerprint density at radius 1 is 0.875 bits per heavy atom. The van der Waals surface area contributed by atoms with Crippen LogP contribution in [0.4, 0.5) is 5.69 Å². The molecule has 0 spiro atoms. The zero-order chi connectivity index (χ0) is 23.0. The third kappa shape index (κ3) is 4.16. The van der Waals surface area contributed by atoms with E-state index in [1.807, 2.05) is 16.5 Å².